The van der Waals surface area contributed by atoms with Gasteiger partial charge in [0.15, 0.2) is 0 Å². The number of hydrogen-bond acceptors (Lipinski definition) is 4. The van der Waals surface area contributed by atoms with Gasteiger partial charge in [-0.05, 0) is 56.8 Å². The summed E-state index contributed by atoms with van der Waals surface area (Å²) in [6, 6.07) is 9.99. The van der Waals surface area contributed by atoms with E-state index in [4.69, 9.17) is 11.6 Å². The largest absolute Gasteiger partial charge is 0.416 e. The quantitative estimate of drug-likeness (QED) is 0.272. The number of benzene rings is 2. The first-order valence-corrected chi connectivity index (χ1v) is 13.1. The van der Waals surface area contributed by atoms with Gasteiger partial charge in [-0.1, -0.05) is 29.8 Å². The van der Waals surface area contributed by atoms with Gasteiger partial charge in [0.25, 0.3) is 0 Å². The van der Waals surface area contributed by atoms with Gasteiger partial charge in [0.1, 0.15) is 5.82 Å². The molecule has 1 aliphatic heterocycles. The van der Waals surface area contributed by atoms with Crippen molar-refractivity contribution < 1.29 is 31.1 Å². The molecule has 13 heteroatoms. The molecule has 1 fully saturated rings. The van der Waals surface area contributed by atoms with Crippen LogP contribution in [0.15, 0.2) is 54.7 Å². The van der Waals surface area contributed by atoms with E-state index in [0.717, 1.165) is 26.2 Å². The van der Waals surface area contributed by atoms with Crippen LogP contribution in [0.3, 0.4) is 0 Å². The van der Waals surface area contributed by atoms with Crippen molar-refractivity contribution in [3.8, 4) is 11.1 Å². The van der Waals surface area contributed by atoms with Crippen molar-refractivity contribution in [2.45, 2.75) is 31.6 Å². The Morgan fingerprint density at radius 3 is 1.90 bits per heavy atom. The number of rotatable bonds is 5. The summed E-state index contributed by atoms with van der Waals surface area (Å²) in [6.07, 6.45) is -8.60. The maximum atomic E-state index is 13.9. The van der Waals surface area contributed by atoms with Crippen LogP contribution in [-0.2, 0) is 22.6 Å². The monoisotopic (exact) mass is 634 g/mol. The molecule has 228 valence electrons. The Morgan fingerprint density at radius 2 is 1.38 bits per heavy atom. The number of carbonyl (C=O) groups is 1. The molecule has 1 amide bonds. The molecule has 0 spiro atoms. The molecule has 2 heterocycles. The lowest BCUT2D eigenvalue weighted by molar-refractivity contribution is -0.143. The molecule has 3 aromatic rings. The van der Waals surface area contributed by atoms with E-state index >= 15 is 0 Å². The summed E-state index contributed by atoms with van der Waals surface area (Å²) in [5.41, 5.74) is -3.72. The molecule has 5 nitrogen and oxygen atoms in total. The van der Waals surface area contributed by atoms with Crippen molar-refractivity contribution in [2.24, 2.45) is 0 Å². The number of aromatic nitrogens is 1. The Bertz CT molecular complexity index is 1400. The molecule has 0 saturated carbocycles. The van der Waals surface area contributed by atoms with Gasteiger partial charge in [-0.25, -0.2) is 4.98 Å². The number of carbonyl (C=O) groups excluding carboxylic acids is 1. The standard InChI is InChI=1S/C29H29ClF6N4O.ClH/c1-27(2,18-13-19(28(31,32)33)15-20(14-18)29(34,35)36)26(41)39(4)24-17-37-25(40-11-9-38(3)10-12-40)16-22(24)21-7-5-6-8-23(21)30;/h5-8,13-17H,9-12H2,1-4H3;1H. The SMILES string of the molecule is CN1CCN(c2cc(-c3ccccc3Cl)c(N(C)C(=O)C(C)(C)c3cc(C(F)(F)F)cc(C(F)(F)F)c3)cn2)CC1.Cl. The van der Waals surface area contributed by atoms with Crippen LogP contribution in [0.5, 0.6) is 0 Å². The molecule has 0 aliphatic carbocycles. The lowest BCUT2D eigenvalue weighted by Gasteiger charge is -2.34. The Kier molecular flexibility index (Phi) is 9.81. The molecule has 4 rings (SSSR count). The Balaban J connectivity index is 0.00000484. The summed E-state index contributed by atoms with van der Waals surface area (Å²) in [4.78, 5) is 23.9. The average molecular weight is 635 g/mol. The lowest BCUT2D eigenvalue weighted by atomic mass is 9.81. The number of halogens is 8. The van der Waals surface area contributed by atoms with E-state index in [1.54, 1.807) is 30.3 Å². The molecular formula is C29H30Cl2F6N4O. The Labute approximate surface area is 251 Å². The second-order valence-electron chi connectivity index (χ2n) is 10.6. The number of piperazine rings is 1. The fourth-order valence-electron chi connectivity index (χ4n) is 4.78. The van der Waals surface area contributed by atoms with E-state index in [2.05, 4.69) is 14.8 Å². The highest BCUT2D eigenvalue weighted by molar-refractivity contribution is 6.33. The molecule has 1 aliphatic rings. The molecule has 0 unspecified atom stereocenters. The van der Waals surface area contributed by atoms with Crippen LogP contribution >= 0.6 is 24.0 Å². The van der Waals surface area contributed by atoms with Crippen LogP contribution < -0.4 is 9.80 Å². The van der Waals surface area contributed by atoms with Gasteiger partial charge in [-0.3, -0.25) is 4.79 Å². The number of likely N-dealkylation sites (N-methyl/N-ethyl adjacent to an activating group) is 2. The highest BCUT2D eigenvalue weighted by Crippen LogP contribution is 2.41. The van der Waals surface area contributed by atoms with Crippen molar-refractivity contribution >= 4 is 41.4 Å². The number of pyridine rings is 1. The maximum absolute atomic E-state index is 13.9. The lowest BCUT2D eigenvalue weighted by Crippen LogP contribution is -2.45. The number of nitrogens with zero attached hydrogens (tertiary/aromatic N) is 4. The van der Waals surface area contributed by atoms with Gasteiger partial charge in [0.05, 0.1) is 28.4 Å². The van der Waals surface area contributed by atoms with Gasteiger partial charge in [-0.2, -0.15) is 26.3 Å². The normalized spacial score (nSPS) is 14.9. The van der Waals surface area contributed by atoms with Gasteiger partial charge < -0.3 is 14.7 Å². The average Bonchev–Trinajstić information content (AvgIpc) is 2.91. The van der Waals surface area contributed by atoms with E-state index in [9.17, 15) is 31.1 Å². The van der Waals surface area contributed by atoms with E-state index in [1.807, 2.05) is 7.05 Å². The molecule has 1 aromatic heterocycles. The van der Waals surface area contributed by atoms with Crippen molar-refractivity contribution in [1.82, 2.24) is 9.88 Å². The third kappa shape index (κ3) is 6.95. The van der Waals surface area contributed by atoms with E-state index < -0.39 is 40.4 Å². The number of hydrogen-bond donors (Lipinski definition) is 0. The number of anilines is 2. The zero-order chi connectivity index (χ0) is 30.3. The summed E-state index contributed by atoms with van der Waals surface area (Å²) in [7, 11) is 3.43. The molecular weight excluding hydrogens is 605 g/mol. The first kappa shape index (κ1) is 33.5. The fraction of sp³-hybridized carbons (Fsp3) is 0.379. The van der Waals surface area contributed by atoms with Gasteiger partial charge in [0.2, 0.25) is 5.91 Å². The summed E-state index contributed by atoms with van der Waals surface area (Å²) < 4.78 is 81.3. The van der Waals surface area contributed by atoms with Gasteiger partial charge in [0, 0.05) is 49.4 Å². The highest BCUT2D eigenvalue weighted by atomic mass is 35.5. The zero-order valence-electron chi connectivity index (χ0n) is 23.3. The summed E-state index contributed by atoms with van der Waals surface area (Å²) >= 11 is 6.52. The van der Waals surface area contributed by atoms with Gasteiger partial charge >= 0.3 is 12.4 Å². The predicted molar refractivity (Wildman–Crippen MR) is 155 cm³/mol. The molecule has 1 saturated heterocycles. The summed E-state index contributed by atoms with van der Waals surface area (Å²) in [5, 5.41) is 0.400. The third-order valence-electron chi connectivity index (χ3n) is 7.37. The molecule has 0 radical (unpaired) electrons. The van der Waals surface area contributed by atoms with E-state index in [0.29, 0.717) is 39.8 Å². The van der Waals surface area contributed by atoms with Crippen molar-refractivity contribution in [1.29, 1.82) is 0 Å². The van der Waals surface area contributed by atoms with Crippen LogP contribution in [0.1, 0.15) is 30.5 Å². The van der Waals surface area contributed by atoms with E-state index in [-0.39, 0.29) is 18.5 Å². The van der Waals surface area contributed by atoms with Crippen LogP contribution in [0.2, 0.25) is 5.02 Å². The second-order valence-corrected chi connectivity index (χ2v) is 11.0. The molecule has 42 heavy (non-hydrogen) atoms. The molecule has 2 aromatic carbocycles. The fourth-order valence-corrected chi connectivity index (χ4v) is 5.01. The second kappa shape index (κ2) is 12.3. The zero-order valence-corrected chi connectivity index (χ0v) is 24.8. The van der Waals surface area contributed by atoms with Crippen molar-refractivity contribution in [3.05, 3.63) is 76.4 Å². The highest BCUT2D eigenvalue weighted by Gasteiger charge is 2.41. The minimum Gasteiger partial charge on any atom is -0.354 e. The minimum atomic E-state index is -5.04. The van der Waals surface area contributed by atoms with Gasteiger partial charge in [-0.15, -0.1) is 12.4 Å². The first-order valence-electron chi connectivity index (χ1n) is 12.8. The van der Waals surface area contributed by atoms with Crippen molar-refractivity contribution in [3.63, 3.8) is 0 Å². The first-order chi connectivity index (χ1) is 19.0. The third-order valence-corrected chi connectivity index (χ3v) is 7.70. The maximum Gasteiger partial charge on any atom is 0.416 e. The number of alkyl halides is 6. The predicted octanol–water partition coefficient (Wildman–Crippen LogP) is 7.55. The topological polar surface area (TPSA) is 39.7 Å². The smallest absolute Gasteiger partial charge is 0.354 e. The molecule has 0 bridgehead atoms. The van der Waals surface area contributed by atoms with E-state index in [1.165, 1.54) is 32.0 Å². The minimum absolute atomic E-state index is 0. The Morgan fingerprint density at radius 1 is 0.857 bits per heavy atom. The van der Waals surface area contributed by atoms with Crippen LogP contribution in [0.25, 0.3) is 11.1 Å². The summed E-state index contributed by atoms with van der Waals surface area (Å²) in [6.45, 7) is 5.70. The summed E-state index contributed by atoms with van der Waals surface area (Å²) in [5.74, 6) is -0.0722. The number of amides is 1. The van der Waals surface area contributed by atoms with Crippen LogP contribution in [0.4, 0.5) is 37.8 Å². The Hall–Kier alpha value is -3.02. The molecule has 0 atom stereocenters. The van der Waals surface area contributed by atoms with Crippen LogP contribution in [-0.4, -0.2) is 56.1 Å². The van der Waals surface area contributed by atoms with Crippen LogP contribution in [0, 0.1) is 0 Å². The van der Waals surface area contributed by atoms with Crippen molar-refractivity contribution in [2.75, 3.05) is 50.1 Å². The molecule has 0 N–H and O–H groups in total.